The molecule has 0 radical (unpaired) electrons. The number of nitrogens with zero attached hydrogens (tertiary/aromatic N) is 2. The van der Waals surface area contributed by atoms with Crippen molar-refractivity contribution in [1.29, 1.82) is 0 Å². The van der Waals surface area contributed by atoms with E-state index < -0.39 is 15.6 Å². The number of fused-ring (bicyclic) bond motifs is 1. The second kappa shape index (κ2) is 7.38. The van der Waals surface area contributed by atoms with Crippen molar-refractivity contribution in [2.24, 2.45) is 16.8 Å². The van der Waals surface area contributed by atoms with Gasteiger partial charge in [-0.15, -0.1) is 0 Å². The predicted octanol–water partition coefficient (Wildman–Crippen LogP) is 1.40. The summed E-state index contributed by atoms with van der Waals surface area (Å²) in [6.45, 7) is 9.21. The molecule has 1 saturated carbocycles. The van der Waals surface area contributed by atoms with Crippen LogP contribution in [0.4, 0.5) is 0 Å². The summed E-state index contributed by atoms with van der Waals surface area (Å²) < 4.78 is 25.6. The molecular weight excluding hydrogens is 312 g/mol. The van der Waals surface area contributed by atoms with Crippen LogP contribution in [0.1, 0.15) is 46.5 Å². The van der Waals surface area contributed by atoms with Gasteiger partial charge in [-0.05, 0) is 45.4 Å². The van der Waals surface area contributed by atoms with Gasteiger partial charge in [-0.3, -0.25) is 4.99 Å². The number of sulfonamides is 1. The number of aliphatic imine (C=N–C) groups is 1. The molecule has 1 aliphatic carbocycles. The number of rotatable bonds is 5. The fourth-order valence-electron chi connectivity index (χ4n) is 3.81. The number of nitrogens with one attached hydrogen (secondary N) is 2. The van der Waals surface area contributed by atoms with Gasteiger partial charge in [0.2, 0.25) is 10.0 Å². The fraction of sp³-hybridized carbons (Fsp3) is 0.938. The molecule has 0 aromatic heterocycles. The molecule has 0 aromatic rings. The Balaban J connectivity index is 2.03. The Morgan fingerprint density at radius 3 is 2.26 bits per heavy atom. The molecule has 2 atom stereocenters. The first-order chi connectivity index (χ1) is 10.7. The fourth-order valence-corrected chi connectivity index (χ4v) is 4.88. The largest absolute Gasteiger partial charge is 0.357 e. The third-order valence-electron chi connectivity index (χ3n) is 4.70. The van der Waals surface area contributed by atoms with Gasteiger partial charge in [0.25, 0.3) is 0 Å². The van der Waals surface area contributed by atoms with Crippen molar-refractivity contribution in [2.45, 2.75) is 52.0 Å². The van der Waals surface area contributed by atoms with E-state index in [2.05, 4.69) is 21.9 Å². The summed E-state index contributed by atoms with van der Waals surface area (Å²) in [6.07, 6.45) is 6.57. The number of likely N-dealkylation sites (tertiary alicyclic amines) is 1. The molecule has 2 unspecified atom stereocenters. The maximum absolute atomic E-state index is 11.5. The SMILES string of the molecule is CCNC(=NCC(C)(C)NS(C)(=O)=O)N1CC2CCCCC2C1. The lowest BCUT2D eigenvalue weighted by atomic mass is 9.82. The van der Waals surface area contributed by atoms with Gasteiger partial charge in [-0.25, -0.2) is 13.1 Å². The molecule has 1 aliphatic heterocycles. The minimum Gasteiger partial charge on any atom is -0.357 e. The van der Waals surface area contributed by atoms with Crippen molar-refractivity contribution in [1.82, 2.24) is 14.9 Å². The van der Waals surface area contributed by atoms with Gasteiger partial charge in [0.1, 0.15) is 0 Å². The van der Waals surface area contributed by atoms with E-state index >= 15 is 0 Å². The van der Waals surface area contributed by atoms with Gasteiger partial charge in [0.05, 0.1) is 12.8 Å². The van der Waals surface area contributed by atoms with E-state index in [0.29, 0.717) is 6.54 Å². The first-order valence-corrected chi connectivity index (χ1v) is 10.6. The van der Waals surface area contributed by atoms with Crippen molar-refractivity contribution in [2.75, 3.05) is 32.4 Å². The number of guanidine groups is 1. The number of hydrogen-bond acceptors (Lipinski definition) is 3. The lowest BCUT2D eigenvalue weighted by Crippen LogP contribution is -2.47. The third-order valence-corrected chi connectivity index (χ3v) is 5.62. The van der Waals surface area contributed by atoms with Crippen molar-refractivity contribution in [3.05, 3.63) is 0 Å². The molecule has 7 heteroatoms. The smallest absolute Gasteiger partial charge is 0.209 e. The van der Waals surface area contributed by atoms with Crippen molar-refractivity contribution in [3.8, 4) is 0 Å². The second-order valence-corrected chi connectivity index (χ2v) is 9.39. The summed E-state index contributed by atoms with van der Waals surface area (Å²) in [5.41, 5.74) is -0.583. The van der Waals surface area contributed by atoms with Gasteiger partial charge in [0, 0.05) is 25.2 Å². The van der Waals surface area contributed by atoms with Gasteiger partial charge < -0.3 is 10.2 Å². The van der Waals surface area contributed by atoms with Crippen LogP contribution in [-0.4, -0.2) is 57.3 Å². The first kappa shape index (κ1) is 18.5. The van der Waals surface area contributed by atoms with Gasteiger partial charge in [-0.2, -0.15) is 0 Å². The van der Waals surface area contributed by atoms with Crippen LogP contribution in [-0.2, 0) is 10.0 Å². The minimum absolute atomic E-state index is 0.425. The quantitative estimate of drug-likeness (QED) is 0.584. The summed E-state index contributed by atoms with van der Waals surface area (Å²) in [6, 6.07) is 0. The Bertz CT molecular complexity index is 516. The molecule has 0 aromatic carbocycles. The summed E-state index contributed by atoms with van der Waals surface area (Å²) in [5, 5.41) is 3.37. The zero-order chi connectivity index (χ0) is 17.1. The van der Waals surface area contributed by atoms with Crippen LogP contribution < -0.4 is 10.0 Å². The molecule has 0 spiro atoms. The highest BCUT2D eigenvalue weighted by Crippen LogP contribution is 2.35. The van der Waals surface area contributed by atoms with Crippen molar-refractivity contribution in [3.63, 3.8) is 0 Å². The highest BCUT2D eigenvalue weighted by atomic mass is 32.2. The monoisotopic (exact) mass is 344 g/mol. The normalized spacial score (nSPS) is 26.3. The zero-order valence-corrected chi connectivity index (χ0v) is 15.7. The van der Waals surface area contributed by atoms with Crippen molar-refractivity contribution < 1.29 is 8.42 Å². The first-order valence-electron chi connectivity index (χ1n) is 8.72. The summed E-state index contributed by atoms with van der Waals surface area (Å²) in [7, 11) is -3.23. The summed E-state index contributed by atoms with van der Waals surface area (Å²) in [4.78, 5) is 7.08. The standard InChI is InChI=1S/C16H32N4O2S/c1-5-17-15(18-12-16(2,3)19-23(4,21)22)20-10-13-8-6-7-9-14(13)11-20/h13-14,19H,5-12H2,1-4H3,(H,17,18). The Morgan fingerprint density at radius 2 is 1.78 bits per heavy atom. The second-order valence-electron chi connectivity index (χ2n) is 7.64. The maximum Gasteiger partial charge on any atom is 0.209 e. The van der Waals surface area contributed by atoms with Gasteiger partial charge in [0.15, 0.2) is 5.96 Å². The molecule has 0 amide bonds. The predicted molar refractivity (Wildman–Crippen MR) is 95.1 cm³/mol. The molecule has 0 bridgehead atoms. The van der Waals surface area contributed by atoms with E-state index in [0.717, 1.165) is 37.4 Å². The average molecular weight is 345 g/mol. The Morgan fingerprint density at radius 1 is 1.22 bits per heavy atom. The van der Waals surface area contributed by atoms with Crippen LogP contribution in [0.15, 0.2) is 4.99 Å². The molecular formula is C16H32N4O2S. The van der Waals surface area contributed by atoms with E-state index in [4.69, 9.17) is 4.99 Å². The van der Waals surface area contributed by atoms with Crippen LogP contribution in [0.25, 0.3) is 0 Å². The summed E-state index contributed by atoms with van der Waals surface area (Å²) >= 11 is 0. The van der Waals surface area contributed by atoms with E-state index in [1.807, 2.05) is 13.8 Å². The highest BCUT2D eigenvalue weighted by molar-refractivity contribution is 7.88. The van der Waals surface area contributed by atoms with Crippen LogP contribution >= 0.6 is 0 Å². The van der Waals surface area contributed by atoms with Gasteiger partial charge >= 0.3 is 0 Å². The molecule has 23 heavy (non-hydrogen) atoms. The zero-order valence-electron chi connectivity index (χ0n) is 14.9. The Labute approximate surface area is 141 Å². The van der Waals surface area contributed by atoms with Crippen LogP contribution in [0, 0.1) is 11.8 Å². The van der Waals surface area contributed by atoms with E-state index in [1.54, 1.807) is 0 Å². The molecule has 1 saturated heterocycles. The van der Waals surface area contributed by atoms with Crippen LogP contribution in [0.3, 0.4) is 0 Å². The lowest BCUT2D eigenvalue weighted by molar-refractivity contribution is 0.299. The van der Waals surface area contributed by atoms with Crippen LogP contribution in [0.2, 0.25) is 0 Å². The number of hydrogen-bond donors (Lipinski definition) is 2. The maximum atomic E-state index is 11.5. The highest BCUT2D eigenvalue weighted by Gasteiger charge is 2.35. The molecule has 1 heterocycles. The molecule has 2 rings (SSSR count). The molecule has 2 N–H and O–H groups in total. The van der Waals surface area contributed by atoms with E-state index in [1.165, 1.54) is 31.9 Å². The molecule has 2 aliphatic rings. The van der Waals surface area contributed by atoms with Crippen molar-refractivity contribution >= 4 is 16.0 Å². The Kier molecular flexibility index (Phi) is 5.94. The van der Waals surface area contributed by atoms with E-state index in [9.17, 15) is 8.42 Å². The topological polar surface area (TPSA) is 73.8 Å². The third kappa shape index (κ3) is 5.64. The molecule has 2 fully saturated rings. The Hall–Kier alpha value is -0.820. The lowest BCUT2D eigenvalue weighted by Gasteiger charge is -2.26. The van der Waals surface area contributed by atoms with Crippen LogP contribution in [0.5, 0.6) is 0 Å². The molecule has 6 nitrogen and oxygen atoms in total. The molecule has 134 valence electrons. The van der Waals surface area contributed by atoms with Gasteiger partial charge in [-0.1, -0.05) is 12.8 Å². The van der Waals surface area contributed by atoms with E-state index in [-0.39, 0.29) is 0 Å². The minimum atomic E-state index is -3.23. The summed E-state index contributed by atoms with van der Waals surface area (Å²) in [5.74, 6) is 2.52. The average Bonchev–Trinajstić information content (AvgIpc) is 2.84.